The van der Waals surface area contributed by atoms with E-state index in [1.807, 2.05) is 29.0 Å². The van der Waals surface area contributed by atoms with Gasteiger partial charge in [0.25, 0.3) is 0 Å². The molecule has 3 rings (SSSR count). The van der Waals surface area contributed by atoms with Crippen molar-refractivity contribution in [2.75, 3.05) is 5.75 Å². The van der Waals surface area contributed by atoms with Gasteiger partial charge in [0, 0.05) is 12.1 Å². The predicted octanol–water partition coefficient (Wildman–Crippen LogP) is 2.96. The number of aromatic nitrogens is 3. The Balaban J connectivity index is 1.54. The van der Waals surface area contributed by atoms with E-state index in [1.165, 1.54) is 11.8 Å². The number of rotatable bonds is 8. The van der Waals surface area contributed by atoms with Crippen LogP contribution in [0.3, 0.4) is 0 Å². The minimum atomic E-state index is -0.489. The van der Waals surface area contributed by atoms with Crippen LogP contribution in [0, 0.1) is 0 Å². The van der Waals surface area contributed by atoms with Crippen molar-refractivity contribution in [2.24, 2.45) is 5.73 Å². The normalized spacial score (nSPS) is 10.7. The van der Waals surface area contributed by atoms with Gasteiger partial charge in [-0.3, -0.25) is 9.59 Å². The number of amides is 1. The summed E-state index contributed by atoms with van der Waals surface area (Å²) in [7, 11) is 0. The first kappa shape index (κ1) is 19.1. The number of nitrogens with zero attached hydrogens (tertiary/aromatic N) is 3. The third-order valence-corrected chi connectivity index (χ3v) is 5.54. The van der Waals surface area contributed by atoms with E-state index in [0.29, 0.717) is 17.3 Å². The molecule has 1 amide bonds. The fourth-order valence-electron chi connectivity index (χ4n) is 2.36. The van der Waals surface area contributed by atoms with Crippen molar-refractivity contribution in [1.29, 1.82) is 0 Å². The molecule has 0 atom stereocenters. The third-order valence-electron chi connectivity index (χ3n) is 3.73. The maximum Gasteiger partial charge on any atom is 0.316 e. The van der Waals surface area contributed by atoms with Gasteiger partial charge in [-0.25, -0.2) is 0 Å². The van der Waals surface area contributed by atoms with Crippen LogP contribution >= 0.6 is 23.1 Å². The van der Waals surface area contributed by atoms with Crippen LogP contribution in [0.4, 0.5) is 0 Å². The minimum Gasteiger partial charge on any atom is -0.460 e. The molecule has 2 N–H and O–H groups in total. The molecule has 2 aromatic heterocycles. The molecule has 140 valence electrons. The van der Waals surface area contributed by atoms with Crippen molar-refractivity contribution in [3.05, 3.63) is 52.9 Å². The summed E-state index contributed by atoms with van der Waals surface area (Å²) in [5.41, 5.74) is 6.40. The number of carbonyl (C=O) groups is 2. The van der Waals surface area contributed by atoms with Crippen molar-refractivity contribution in [1.82, 2.24) is 14.8 Å². The molecule has 0 aliphatic carbocycles. The number of hydrogen-bond donors (Lipinski definition) is 1. The number of thiophene rings is 1. The van der Waals surface area contributed by atoms with E-state index in [1.54, 1.807) is 35.6 Å². The summed E-state index contributed by atoms with van der Waals surface area (Å²) in [6.07, 6.45) is 0. The number of benzene rings is 1. The van der Waals surface area contributed by atoms with Gasteiger partial charge in [0.1, 0.15) is 6.61 Å². The monoisotopic (exact) mass is 402 g/mol. The summed E-state index contributed by atoms with van der Waals surface area (Å²) in [5, 5.41) is 11.1. The number of nitrogens with two attached hydrogens (primary N) is 1. The second-order valence-electron chi connectivity index (χ2n) is 5.54. The van der Waals surface area contributed by atoms with Gasteiger partial charge in [0.05, 0.1) is 10.6 Å². The Morgan fingerprint density at radius 2 is 2.00 bits per heavy atom. The molecule has 0 aliphatic rings. The average molecular weight is 403 g/mol. The Bertz CT molecular complexity index is 921. The van der Waals surface area contributed by atoms with Crippen molar-refractivity contribution in [3.63, 3.8) is 0 Å². The van der Waals surface area contributed by atoms with Gasteiger partial charge in [-0.1, -0.05) is 30.0 Å². The topological polar surface area (TPSA) is 100 Å². The van der Waals surface area contributed by atoms with E-state index in [-0.39, 0.29) is 18.3 Å². The Hall–Kier alpha value is -2.65. The Morgan fingerprint density at radius 1 is 1.22 bits per heavy atom. The van der Waals surface area contributed by atoms with E-state index in [9.17, 15) is 9.59 Å². The fraction of sp³-hybridized carbons (Fsp3) is 0.222. The van der Waals surface area contributed by atoms with E-state index >= 15 is 0 Å². The number of primary amides is 1. The van der Waals surface area contributed by atoms with Gasteiger partial charge in [0.2, 0.25) is 5.91 Å². The average Bonchev–Trinajstić information content (AvgIpc) is 3.33. The molecule has 1 aromatic carbocycles. The predicted molar refractivity (Wildman–Crippen MR) is 104 cm³/mol. The number of esters is 1. The lowest BCUT2D eigenvalue weighted by atomic mass is 10.1. The lowest BCUT2D eigenvalue weighted by molar-refractivity contribution is -0.141. The molecule has 0 spiro atoms. The molecule has 0 bridgehead atoms. The minimum absolute atomic E-state index is 0.138. The molecule has 0 fully saturated rings. The maximum atomic E-state index is 12.0. The molecule has 0 saturated carbocycles. The van der Waals surface area contributed by atoms with Crippen LogP contribution in [0.2, 0.25) is 0 Å². The summed E-state index contributed by atoms with van der Waals surface area (Å²) < 4.78 is 7.25. The summed E-state index contributed by atoms with van der Waals surface area (Å²) in [6, 6.07) is 10.6. The number of carbonyl (C=O) groups excluding carboxylic acids is 2. The van der Waals surface area contributed by atoms with E-state index in [4.69, 9.17) is 10.5 Å². The van der Waals surface area contributed by atoms with Crippen LogP contribution in [-0.4, -0.2) is 32.4 Å². The molecule has 0 saturated heterocycles. The molecule has 0 radical (unpaired) electrons. The standard InChI is InChI=1S/C18H18N4O3S2/c1-2-22-17(14-4-3-9-26-14)20-21-18(22)27-11-15(23)25-10-12-5-7-13(8-6-12)16(19)24/h3-9H,2,10-11H2,1H3,(H2,19,24). The zero-order chi connectivity index (χ0) is 19.2. The van der Waals surface area contributed by atoms with Crippen LogP contribution < -0.4 is 5.73 Å². The Kier molecular flexibility index (Phi) is 6.25. The summed E-state index contributed by atoms with van der Waals surface area (Å²) >= 11 is 2.90. The van der Waals surface area contributed by atoms with Gasteiger partial charge in [-0.05, 0) is 36.1 Å². The van der Waals surface area contributed by atoms with Crippen LogP contribution in [0.25, 0.3) is 10.7 Å². The molecule has 2 heterocycles. The highest BCUT2D eigenvalue weighted by Gasteiger charge is 2.15. The highest BCUT2D eigenvalue weighted by molar-refractivity contribution is 7.99. The summed E-state index contributed by atoms with van der Waals surface area (Å²) in [6.45, 7) is 2.86. The van der Waals surface area contributed by atoms with Crippen molar-refractivity contribution in [3.8, 4) is 10.7 Å². The van der Waals surface area contributed by atoms with Crippen LogP contribution in [0.5, 0.6) is 0 Å². The van der Waals surface area contributed by atoms with Gasteiger partial charge in [-0.15, -0.1) is 21.5 Å². The van der Waals surface area contributed by atoms with Crippen molar-refractivity contribution < 1.29 is 14.3 Å². The third kappa shape index (κ3) is 4.75. The Labute approximate surface area is 164 Å². The van der Waals surface area contributed by atoms with Gasteiger partial charge in [0.15, 0.2) is 11.0 Å². The lowest BCUT2D eigenvalue weighted by Crippen LogP contribution is -2.11. The fourth-order valence-corrected chi connectivity index (χ4v) is 3.88. The van der Waals surface area contributed by atoms with Gasteiger partial charge >= 0.3 is 5.97 Å². The number of ether oxygens (including phenoxy) is 1. The highest BCUT2D eigenvalue weighted by atomic mass is 32.2. The molecule has 3 aromatic rings. The molecular formula is C18H18N4O3S2. The zero-order valence-corrected chi connectivity index (χ0v) is 16.3. The first-order valence-corrected chi connectivity index (χ1v) is 10.1. The largest absolute Gasteiger partial charge is 0.460 e. The first-order valence-electron chi connectivity index (χ1n) is 8.22. The van der Waals surface area contributed by atoms with E-state index < -0.39 is 5.91 Å². The number of thioether (sulfide) groups is 1. The van der Waals surface area contributed by atoms with Gasteiger partial charge in [-0.2, -0.15) is 0 Å². The van der Waals surface area contributed by atoms with Crippen LogP contribution in [0.15, 0.2) is 46.9 Å². The molecule has 0 unspecified atom stereocenters. The maximum absolute atomic E-state index is 12.0. The van der Waals surface area contributed by atoms with Crippen molar-refractivity contribution in [2.45, 2.75) is 25.2 Å². The summed E-state index contributed by atoms with van der Waals surface area (Å²) in [5.74, 6) is 0.110. The SMILES string of the molecule is CCn1c(SCC(=O)OCc2ccc(C(N)=O)cc2)nnc1-c1cccs1. The highest BCUT2D eigenvalue weighted by Crippen LogP contribution is 2.27. The van der Waals surface area contributed by atoms with Gasteiger partial charge < -0.3 is 15.0 Å². The molecule has 7 nitrogen and oxygen atoms in total. The quantitative estimate of drug-likeness (QED) is 0.459. The van der Waals surface area contributed by atoms with Crippen molar-refractivity contribution >= 4 is 35.0 Å². The van der Waals surface area contributed by atoms with E-state index in [0.717, 1.165) is 16.3 Å². The van der Waals surface area contributed by atoms with E-state index in [2.05, 4.69) is 10.2 Å². The second-order valence-corrected chi connectivity index (χ2v) is 7.43. The number of hydrogen-bond acceptors (Lipinski definition) is 7. The molecular weight excluding hydrogens is 384 g/mol. The summed E-state index contributed by atoms with van der Waals surface area (Å²) in [4.78, 5) is 24.1. The molecule has 9 heteroatoms. The molecule has 0 aliphatic heterocycles. The second kappa shape index (κ2) is 8.83. The molecule has 27 heavy (non-hydrogen) atoms. The zero-order valence-electron chi connectivity index (χ0n) is 14.6. The first-order chi connectivity index (χ1) is 13.1. The van der Waals surface area contributed by atoms with Crippen LogP contribution in [0.1, 0.15) is 22.8 Å². The lowest BCUT2D eigenvalue weighted by Gasteiger charge is -2.07. The Morgan fingerprint density at radius 3 is 2.63 bits per heavy atom. The smallest absolute Gasteiger partial charge is 0.316 e. The van der Waals surface area contributed by atoms with Crippen LogP contribution in [-0.2, 0) is 22.7 Å².